The van der Waals surface area contributed by atoms with Crippen LogP contribution < -0.4 is 21.1 Å². The Bertz CT molecular complexity index is 1250. The summed E-state index contributed by atoms with van der Waals surface area (Å²) in [5.74, 6) is -0.837. The third-order valence-electron chi connectivity index (χ3n) is 5.65. The van der Waals surface area contributed by atoms with Crippen LogP contribution in [0.5, 0.6) is 0 Å². The van der Waals surface area contributed by atoms with Crippen LogP contribution in [0.4, 0.5) is 15.2 Å². The smallest absolute Gasteiger partial charge is 0.273 e. The first-order valence-electron chi connectivity index (χ1n) is 10.8. The number of piperidine rings is 1. The van der Waals surface area contributed by atoms with E-state index in [2.05, 4.69) is 25.5 Å². The van der Waals surface area contributed by atoms with E-state index in [4.69, 9.17) is 0 Å². The number of fused-ring (bicyclic) bond motifs is 1. The van der Waals surface area contributed by atoms with Crippen molar-refractivity contribution in [1.82, 2.24) is 19.9 Å². The van der Waals surface area contributed by atoms with Gasteiger partial charge in [0.2, 0.25) is 11.8 Å². The topological polar surface area (TPSA) is 109 Å². The summed E-state index contributed by atoms with van der Waals surface area (Å²) < 4.78 is 15.1. The van der Waals surface area contributed by atoms with Crippen molar-refractivity contribution < 1.29 is 14.0 Å². The predicted octanol–water partition coefficient (Wildman–Crippen LogP) is 2.29. The van der Waals surface area contributed by atoms with Crippen molar-refractivity contribution in [2.75, 3.05) is 29.9 Å². The van der Waals surface area contributed by atoms with E-state index in [1.165, 1.54) is 34.4 Å². The third kappa shape index (κ3) is 5.03. The maximum absolute atomic E-state index is 13.5. The number of aryl methyl sites for hydroxylation is 1. The summed E-state index contributed by atoms with van der Waals surface area (Å²) >= 11 is 1.24. The maximum atomic E-state index is 13.5. The number of carbonyl (C=O) groups excluding carboxylic acids is 2. The van der Waals surface area contributed by atoms with E-state index in [-0.39, 0.29) is 23.9 Å². The van der Waals surface area contributed by atoms with Crippen LogP contribution in [0.1, 0.15) is 25.3 Å². The molecule has 3 aromatic rings. The van der Waals surface area contributed by atoms with Crippen molar-refractivity contribution >= 4 is 44.3 Å². The Morgan fingerprint density at radius 2 is 2.03 bits per heavy atom. The second-order valence-electron chi connectivity index (χ2n) is 7.99. The van der Waals surface area contributed by atoms with E-state index in [9.17, 15) is 18.8 Å². The molecular weight excluding hydrogens is 447 g/mol. The summed E-state index contributed by atoms with van der Waals surface area (Å²) in [5.41, 5.74) is 1.06. The van der Waals surface area contributed by atoms with Gasteiger partial charge in [0.15, 0.2) is 10.8 Å². The number of halogens is 1. The lowest BCUT2D eigenvalue weighted by atomic mass is 9.96. The number of nitrogens with zero attached hydrogens (tertiary/aromatic N) is 4. The van der Waals surface area contributed by atoms with Gasteiger partial charge in [0.1, 0.15) is 23.4 Å². The highest BCUT2D eigenvalue weighted by molar-refractivity contribution is 7.22. The van der Waals surface area contributed by atoms with Crippen LogP contribution in [-0.2, 0) is 16.1 Å². The van der Waals surface area contributed by atoms with Crippen LogP contribution in [0.15, 0.2) is 29.3 Å². The minimum Gasteiger partial charge on any atom is -0.356 e. The Morgan fingerprint density at radius 1 is 1.27 bits per heavy atom. The van der Waals surface area contributed by atoms with Gasteiger partial charge >= 0.3 is 0 Å². The van der Waals surface area contributed by atoms with Crippen molar-refractivity contribution in [1.29, 1.82) is 0 Å². The van der Waals surface area contributed by atoms with Gasteiger partial charge in [0.05, 0.1) is 0 Å². The van der Waals surface area contributed by atoms with Crippen LogP contribution >= 0.6 is 11.3 Å². The molecule has 1 aliphatic rings. The first kappa shape index (κ1) is 22.8. The van der Waals surface area contributed by atoms with E-state index in [0.717, 1.165) is 12.8 Å². The van der Waals surface area contributed by atoms with Crippen molar-refractivity contribution in [3.63, 3.8) is 0 Å². The zero-order valence-electron chi connectivity index (χ0n) is 18.4. The number of nitrogens with one attached hydrogen (secondary N) is 2. The molecule has 0 bridgehead atoms. The minimum atomic E-state index is -0.455. The van der Waals surface area contributed by atoms with E-state index in [1.54, 1.807) is 13.0 Å². The van der Waals surface area contributed by atoms with Crippen LogP contribution in [0.2, 0.25) is 0 Å². The maximum Gasteiger partial charge on any atom is 0.273 e. The summed E-state index contributed by atoms with van der Waals surface area (Å²) in [4.78, 5) is 48.2. The Kier molecular flexibility index (Phi) is 6.68. The van der Waals surface area contributed by atoms with E-state index in [1.807, 2.05) is 6.92 Å². The lowest BCUT2D eigenvalue weighted by Gasteiger charge is -2.30. The van der Waals surface area contributed by atoms with Gasteiger partial charge in [-0.25, -0.2) is 9.37 Å². The second-order valence-corrected chi connectivity index (χ2v) is 8.97. The first-order valence-corrected chi connectivity index (χ1v) is 11.6. The molecule has 0 aliphatic carbocycles. The lowest BCUT2D eigenvalue weighted by molar-refractivity contribution is -0.125. The van der Waals surface area contributed by atoms with E-state index < -0.39 is 11.7 Å². The lowest BCUT2D eigenvalue weighted by Crippen LogP contribution is -2.40. The highest BCUT2D eigenvalue weighted by atomic mass is 32.1. The van der Waals surface area contributed by atoms with E-state index >= 15 is 0 Å². The van der Waals surface area contributed by atoms with Crippen molar-refractivity contribution in [3.05, 3.63) is 46.3 Å². The molecule has 9 nitrogen and oxygen atoms in total. The number of rotatable bonds is 6. The molecule has 0 atom stereocenters. The number of thiazole rings is 1. The number of hydrogen-bond acceptors (Lipinski definition) is 7. The Balaban J connectivity index is 1.46. The molecule has 0 unspecified atom stereocenters. The summed E-state index contributed by atoms with van der Waals surface area (Å²) in [5, 5.41) is 6.18. The molecule has 4 rings (SSSR count). The Labute approximate surface area is 193 Å². The average molecular weight is 473 g/mol. The Hall–Kier alpha value is -3.34. The fraction of sp³-hybridized carbons (Fsp3) is 0.409. The number of hydrogen-bond donors (Lipinski definition) is 2. The molecule has 1 fully saturated rings. The molecule has 2 N–H and O–H groups in total. The Morgan fingerprint density at radius 3 is 2.76 bits per heavy atom. The molecule has 174 valence electrons. The number of aromatic nitrogens is 3. The highest BCUT2D eigenvalue weighted by Crippen LogP contribution is 2.29. The van der Waals surface area contributed by atoms with Gasteiger partial charge < -0.3 is 15.5 Å². The molecule has 2 aromatic heterocycles. The zero-order chi connectivity index (χ0) is 23.5. The van der Waals surface area contributed by atoms with Gasteiger partial charge in [-0.1, -0.05) is 17.4 Å². The quantitative estimate of drug-likeness (QED) is 0.570. The number of carbonyl (C=O) groups is 2. The van der Waals surface area contributed by atoms with Crippen molar-refractivity contribution in [3.8, 4) is 0 Å². The SMILES string of the molecule is CCNC(=O)C1CCN(c2nc3ncn(CC(=O)Nc4cc(F)ccc4C)c(=O)c3s2)CC1. The molecule has 1 aromatic carbocycles. The number of anilines is 2. The van der Waals surface area contributed by atoms with Crippen molar-refractivity contribution in [2.24, 2.45) is 5.92 Å². The van der Waals surface area contributed by atoms with Crippen LogP contribution in [0, 0.1) is 18.7 Å². The van der Waals surface area contributed by atoms with Gasteiger partial charge in [-0.05, 0) is 44.4 Å². The summed E-state index contributed by atoms with van der Waals surface area (Å²) in [6, 6.07) is 4.13. The summed E-state index contributed by atoms with van der Waals surface area (Å²) in [6.07, 6.45) is 2.74. The molecule has 0 radical (unpaired) electrons. The van der Waals surface area contributed by atoms with Gasteiger partial charge in [0.25, 0.3) is 5.56 Å². The standard InChI is InChI=1S/C22H25FN6O3S/c1-3-24-20(31)14-6-8-28(9-7-14)22-27-19-18(33-22)21(32)29(12-25-19)11-17(30)26-16-10-15(23)5-4-13(16)2/h4-5,10,12,14H,3,6-9,11H2,1-2H3,(H,24,31)(H,26,30). The fourth-order valence-corrected chi connectivity index (χ4v) is 4.83. The normalized spacial score (nSPS) is 14.5. The molecule has 11 heteroatoms. The predicted molar refractivity (Wildman–Crippen MR) is 125 cm³/mol. The molecular formula is C22H25FN6O3S. The van der Waals surface area contributed by atoms with Crippen LogP contribution in [0.25, 0.3) is 10.3 Å². The minimum absolute atomic E-state index is 0.00818. The third-order valence-corrected chi connectivity index (χ3v) is 6.74. The summed E-state index contributed by atoms with van der Waals surface area (Å²) in [7, 11) is 0. The van der Waals surface area contributed by atoms with Crippen LogP contribution in [-0.4, -0.2) is 46.0 Å². The van der Waals surface area contributed by atoms with Crippen LogP contribution in [0.3, 0.4) is 0 Å². The highest BCUT2D eigenvalue weighted by Gasteiger charge is 2.26. The molecule has 0 spiro atoms. The molecule has 2 amide bonds. The van der Waals surface area contributed by atoms with Gasteiger partial charge in [-0.2, -0.15) is 4.98 Å². The molecule has 33 heavy (non-hydrogen) atoms. The zero-order valence-corrected chi connectivity index (χ0v) is 19.2. The summed E-state index contributed by atoms with van der Waals surface area (Å²) in [6.45, 7) is 5.38. The van der Waals surface area contributed by atoms with Gasteiger partial charge in [0, 0.05) is 31.2 Å². The molecule has 1 saturated heterocycles. The monoisotopic (exact) mass is 472 g/mol. The number of benzene rings is 1. The number of amides is 2. The molecule has 0 saturated carbocycles. The molecule has 3 heterocycles. The van der Waals surface area contributed by atoms with Crippen molar-refractivity contribution in [2.45, 2.75) is 33.2 Å². The molecule has 1 aliphatic heterocycles. The second kappa shape index (κ2) is 9.65. The average Bonchev–Trinajstić information content (AvgIpc) is 3.24. The fourth-order valence-electron chi connectivity index (χ4n) is 3.81. The first-order chi connectivity index (χ1) is 15.9. The largest absolute Gasteiger partial charge is 0.356 e. The van der Waals surface area contributed by atoms with Gasteiger partial charge in [-0.15, -0.1) is 0 Å². The van der Waals surface area contributed by atoms with Gasteiger partial charge in [-0.3, -0.25) is 19.0 Å². The van der Waals surface area contributed by atoms with E-state index in [0.29, 0.717) is 46.4 Å².